The van der Waals surface area contributed by atoms with E-state index in [1.165, 1.54) is 0 Å². The zero-order chi connectivity index (χ0) is 8.10. The molecule has 0 aliphatic carbocycles. The van der Waals surface area contributed by atoms with Crippen LogP contribution in [0.2, 0.25) is 5.02 Å². The quantitative estimate of drug-likeness (QED) is 0.676. The topological polar surface area (TPSA) is 9.23 Å². The maximum absolute atomic E-state index is 5.73. The van der Waals surface area contributed by atoms with Crippen molar-refractivity contribution in [2.24, 2.45) is 0 Å². The van der Waals surface area contributed by atoms with Gasteiger partial charge in [-0.1, -0.05) is 24.6 Å². The van der Waals surface area contributed by atoms with E-state index in [9.17, 15) is 0 Å². The lowest BCUT2D eigenvalue weighted by Crippen LogP contribution is -1.94. The van der Waals surface area contributed by atoms with Gasteiger partial charge in [0.05, 0.1) is 6.61 Å². The Bertz CT molecular complexity index is 223. The second kappa shape index (κ2) is 4.24. The third-order valence-corrected chi connectivity index (χ3v) is 1.45. The van der Waals surface area contributed by atoms with Crippen molar-refractivity contribution in [2.75, 3.05) is 6.61 Å². The fourth-order valence-electron chi connectivity index (χ4n) is 0.736. The van der Waals surface area contributed by atoms with E-state index in [-0.39, 0.29) is 0 Å². The van der Waals surface area contributed by atoms with Gasteiger partial charge in [-0.2, -0.15) is 0 Å². The fraction of sp³-hybridized carbons (Fsp3) is 0.222. The third kappa shape index (κ3) is 2.81. The van der Waals surface area contributed by atoms with E-state index < -0.39 is 0 Å². The Morgan fingerprint density at radius 1 is 1.55 bits per heavy atom. The van der Waals surface area contributed by atoms with Crippen molar-refractivity contribution in [2.45, 2.75) is 6.92 Å². The molecule has 0 aliphatic rings. The van der Waals surface area contributed by atoms with Crippen LogP contribution in [0.25, 0.3) is 0 Å². The zero-order valence-electron chi connectivity index (χ0n) is 6.38. The molecule has 11 heavy (non-hydrogen) atoms. The third-order valence-electron chi connectivity index (χ3n) is 1.21. The lowest BCUT2D eigenvalue weighted by atomic mass is 10.3. The molecule has 1 radical (unpaired) electrons. The molecule has 0 unspecified atom stereocenters. The molecule has 0 aromatic heterocycles. The number of hydrogen-bond acceptors (Lipinski definition) is 1. The predicted molar refractivity (Wildman–Crippen MR) is 46.9 cm³/mol. The highest BCUT2D eigenvalue weighted by molar-refractivity contribution is 6.30. The van der Waals surface area contributed by atoms with Crippen LogP contribution in [0.4, 0.5) is 0 Å². The lowest BCUT2D eigenvalue weighted by Gasteiger charge is -2.02. The standard InChI is InChI=1S/C9H10ClO/c1-2-6-11-9-5-3-4-8(10)7-9/h2-5,7H,6H2,1H3. The van der Waals surface area contributed by atoms with Crippen molar-refractivity contribution in [1.82, 2.24) is 0 Å². The van der Waals surface area contributed by atoms with E-state index in [2.05, 4.69) is 0 Å². The van der Waals surface area contributed by atoms with Crippen molar-refractivity contribution in [3.8, 4) is 5.75 Å². The first kappa shape index (κ1) is 8.41. The molecule has 1 aromatic rings. The normalized spacial score (nSPS) is 9.64. The summed E-state index contributed by atoms with van der Waals surface area (Å²) < 4.78 is 5.30. The summed E-state index contributed by atoms with van der Waals surface area (Å²) in [4.78, 5) is 0. The number of rotatable bonds is 3. The Balaban J connectivity index is 2.56. The van der Waals surface area contributed by atoms with Crippen LogP contribution in [0, 0.1) is 6.42 Å². The van der Waals surface area contributed by atoms with E-state index >= 15 is 0 Å². The van der Waals surface area contributed by atoms with Gasteiger partial charge in [0.2, 0.25) is 0 Å². The largest absolute Gasteiger partial charge is 0.493 e. The molecule has 0 amide bonds. The average Bonchev–Trinajstić information content (AvgIpc) is 2.01. The van der Waals surface area contributed by atoms with Crippen molar-refractivity contribution in [3.05, 3.63) is 35.7 Å². The minimum atomic E-state index is 0.625. The van der Waals surface area contributed by atoms with Gasteiger partial charge in [-0.05, 0) is 24.6 Å². The Morgan fingerprint density at radius 2 is 2.36 bits per heavy atom. The first-order valence-corrected chi connectivity index (χ1v) is 3.87. The molecule has 59 valence electrons. The van der Waals surface area contributed by atoms with Crippen molar-refractivity contribution in [3.63, 3.8) is 0 Å². The van der Waals surface area contributed by atoms with E-state index in [0.29, 0.717) is 11.6 Å². The molecule has 0 saturated heterocycles. The van der Waals surface area contributed by atoms with Gasteiger partial charge in [0, 0.05) is 5.02 Å². The molecule has 0 N–H and O–H groups in total. The van der Waals surface area contributed by atoms with Crippen LogP contribution >= 0.6 is 11.6 Å². The predicted octanol–water partition coefficient (Wildman–Crippen LogP) is 2.94. The summed E-state index contributed by atoms with van der Waals surface area (Å²) in [6, 6.07) is 7.37. The van der Waals surface area contributed by atoms with Crippen LogP contribution in [0.1, 0.15) is 6.92 Å². The van der Waals surface area contributed by atoms with Gasteiger partial charge in [-0.25, -0.2) is 0 Å². The molecule has 0 bridgehead atoms. The highest BCUT2D eigenvalue weighted by Gasteiger charge is 1.92. The number of benzene rings is 1. The number of ether oxygens (including phenoxy) is 1. The molecule has 1 aromatic carbocycles. The molecule has 0 spiro atoms. The zero-order valence-corrected chi connectivity index (χ0v) is 7.14. The minimum absolute atomic E-state index is 0.625. The molecule has 0 fully saturated rings. The molecule has 0 heterocycles. The molecular formula is C9H10ClO. The number of halogens is 1. The van der Waals surface area contributed by atoms with Crippen LogP contribution in [0.15, 0.2) is 24.3 Å². The van der Waals surface area contributed by atoms with Gasteiger partial charge in [0.15, 0.2) is 0 Å². The maximum Gasteiger partial charge on any atom is 0.120 e. The monoisotopic (exact) mass is 169 g/mol. The first-order chi connectivity index (χ1) is 5.33. The summed E-state index contributed by atoms with van der Waals surface area (Å²) in [5.41, 5.74) is 0. The van der Waals surface area contributed by atoms with Crippen molar-refractivity contribution >= 4 is 11.6 Å². The van der Waals surface area contributed by atoms with Crippen molar-refractivity contribution < 1.29 is 4.74 Å². The van der Waals surface area contributed by atoms with Gasteiger partial charge in [0.1, 0.15) is 5.75 Å². The Kier molecular flexibility index (Phi) is 3.24. The summed E-state index contributed by atoms with van der Waals surface area (Å²) >= 11 is 5.73. The molecule has 0 saturated carbocycles. The highest BCUT2D eigenvalue weighted by Crippen LogP contribution is 2.16. The fourth-order valence-corrected chi connectivity index (χ4v) is 0.917. The SMILES string of the molecule is C[CH]COc1cccc(Cl)c1. The molecule has 1 rings (SSSR count). The molecule has 2 heteroatoms. The van der Waals surface area contributed by atoms with E-state index in [0.717, 1.165) is 5.75 Å². The van der Waals surface area contributed by atoms with Crippen LogP contribution in [-0.4, -0.2) is 6.61 Å². The van der Waals surface area contributed by atoms with E-state index in [4.69, 9.17) is 16.3 Å². The van der Waals surface area contributed by atoms with Gasteiger partial charge < -0.3 is 4.74 Å². The summed E-state index contributed by atoms with van der Waals surface area (Å²) in [7, 11) is 0. The van der Waals surface area contributed by atoms with Crippen LogP contribution in [-0.2, 0) is 0 Å². The summed E-state index contributed by atoms with van der Waals surface area (Å²) in [5.74, 6) is 0.815. The van der Waals surface area contributed by atoms with Crippen LogP contribution < -0.4 is 4.74 Å². The molecule has 0 aliphatic heterocycles. The minimum Gasteiger partial charge on any atom is -0.493 e. The molecule has 0 atom stereocenters. The van der Waals surface area contributed by atoms with Crippen LogP contribution in [0.3, 0.4) is 0 Å². The first-order valence-electron chi connectivity index (χ1n) is 3.49. The van der Waals surface area contributed by atoms with Gasteiger partial charge >= 0.3 is 0 Å². The second-order valence-corrected chi connectivity index (χ2v) is 2.61. The summed E-state index contributed by atoms with van der Waals surface area (Å²) in [5, 5.41) is 0.707. The average molecular weight is 170 g/mol. The second-order valence-electron chi connectivity index (χ2n) is 2.18. The smallest absolute Gasteiger partial charge is 0.120 e. The van der Waals surface area contributed by atoms with Crippen LogP contribution in [0.5, 0.6) is 5.75 Å². The lowest BCUT2D eigenvalue weighted by molar-refractivity contribution is 0.349. The van der Waals surface area contributed by atoms with E-state index in [1.54, 1.807) is 6.07 Å². The Labute approximate surface area is 71.9 Å². The maximum atomic E-state index is 5.73. The van der Waals surface area contributed by atoms with Gasteiger partial charge in [-0.15, -0.1) is 0 Å². The Hall–Kier alpha value is -0.690. The number of hydrogen-bond donors (Lipinski definition) is 0. The highest BCUT2D eigenvalue weighted by atomic mass is 35.5. The molecule has 1 nitrogen and oxygen atoms in total. The van der Waals surface area contributed by atoms with E-state index in [1.807, 2.05) is 31.5 Å². The Morgan fingerprint density at radius 3 is 3.00 bits per heavy atom. The van der Waals surface area contributed by atoms with Gasteiger partial charge in [-0.3, -0.25) is 0 Å². The van der Waals surface area contributed by atoms with Crippen molar-refractivity contribution in [1.29, 1.82) is 0 Å². The summed E-state index contributed by atoms with van der Waals surface area (Å²) in [6.45, 7) is 2.57. The summed E-state index contributed by atoms with van der Waals surface area (Å²) in [6.07, 6.45) is 1.95. The molecular weight excluding hydrogens is 160 g/mol. The van der Waals surface area contributed by atoms with Gasteiger partial charge in [0.25, 0.3) is 0 Å².